The van der Waals surface area contributed by atoms with Crippen molar-refractivity contribution in [3.8, 4) is 0 Å². The summed E-state index contributed by atoms with van der Waals surface area (Å²) in [5, 5.41) is 0.672. The maximum absolute atomic E-state index is 13.4. The molecule has 0 aromatic heterocycles. The van der Waals surface area contributed by atoms with E-state index < -0.39 is 10.0 Å². The zero-order valence-corrected chi connectivity index (χ0v) is 20.3. The van der Waals surface area contributed by atoms with Crippen molar-refractivity contribution in [2.24, 2.45) is 0 Å². The summed E-state index contributed by atoms with van der Waals surface area (Å²) in [6, 6.07) is 10.7. The lowest BCUT2D eigenvalue weighted by molar-refractivity contribution is 0.0723. The minimum atomic E-state index is -3.68. The number of benzene rings is 2. The molecular weight excluding hydrogens is 446 g/mol. The molecule has 0 saturated carbocycles. The van der Waals surface area contributed by atoms with Gasteiger partial charge in [0.15, 0.2) is 0 Å². The molecule has 0 bridgehead atoms. The SMILES string of the molecule is Cc1ccc(S(=O)(=O)N2CCN(c3cc(Cl)ccc3C)CC2)cc1C(=O)N1CCCCC1. The molecule has 0 radical (unpaired) electrons. The van der Waals surface area contributed by atoms with Gasteiger partial charge in [-0.25, -0.2) is 8.42 Å². The second-order valence-electron chi connectivity index (χ2n) is 8.65. The predicted octanol–water partition coefficient (Wildman–Crippen LogP) is 4.09. The van der Waals surface area contributed by atoms with Crippen LogP contribution in [-0.4, -0.2) is 62.8 Å². The molecule has 2 heterocycles. The van der Waals surface area contributed by atoms with Crippen LogP contribution in [0.25, 0.3) is 0 Å². The van der Waals surface area contributed by atoms with Crippen LogP contribution >= 0.6 is 11.6 Å². The molecule has 2 aliphatic rings. The lowest BCUT2D eigenvalue weighted by Gasteiger charge is -2.36. The van der Waals surface area contributed by atoms with Crippen molar-refractivity contribution in [3.63, 3.8) is 0 Å². The van der Waals surface area contributed by atoms with E-state index in [1.807, 2.05) is 36.9 Å². The molecule has 8 heteroatoms. The van der Waals surface area contributed by atoms with Crippen LogP contribution in [0.1, 0.15) is 40.7 Å². The monoisotopic (exact) mass is 475 g/mol. The number of halogens is 1. The van der Waals surface area contributed by atoms with Crippen molar-refractivity contribution in [2.75, 3.05) is 44.2 Å². The average molecular weight is 476 g/mol. The van der Waals surface area contributed by atoms with Crippen molar-refractivity contribution in [1.82, 2.24) is 9.21 Å². The maximum Gasteiger partial charge on any atom is 0.254 e. The van der Waals surface area contributed by atoms with E-state index in [0.717, 1.165) is 49.2 Å². The first-order valence-electron chi connectivity index (χ1n) is 11.2. The minimum Gasteiger partial charge on any atom is -0.369 e. The topological polar surface area (TPSA) is 60.9 Å². The molecular formula is C24H30ClN3O3S. The van der Waals surface area contributed by atoms with E-state index in [2.05, 4.69) is 4.90 Å². The largest absolute Gasteiger partial charge is 0.369 e. The summed E-state index contributed by atoms with van der Waals surface area (Å²) in [4.78, 5) is 17.2. The number of hydrogen-bond acceptors (Lipinski definition) is 4. The highest BCUT2D eigenvalue weighted by Gasteiger charge is 2.30. The quantitative estimate of drug-likeness (QED) is 0.668. The summed E-state index contributed by atoms with van der Waals surface area (Å²) in [6.07, 6.45) is 3.14. The summed E-state index contributed by atoms with van der Waals surface area (Å²) in [5.41, 5.74) is 3.45. The van der Waals surface area contributed by atoms with Crippen LogP contribution in [0.4, 0.5) is 5.69 Å². The van der Waals surface area contributed by atoms with Crippen molar-refractivity contribution in [1.29, 1.82) is 0 Å². The Kier molecular flexibility index (Phi) is 6.79. The molecule has 0 spiro atoms. The number of anilines is 1. The lowest BCUT2D eigenvalue weighted by atomic mass is 10.1. The molecule has 1 amide bonds. The van der Waals surface area contributed by atoms with Crippen LogP contribution < -0.4 is 4.90 Å². The molecule has 2 aliphatic heterocycles. The van der Waals surface area contributed by atoms with Crippen LogP contribution in [0, 0.1) is 13.8 Å². The maximum atomic E-state index is 13.4. The first-order valence-corrected chi connectivity index (χ1v) is 13.0. The fraction of sp³-hybridized carbons (Fsp3) is 0.458. The van der Waals surface area contributed by atoms with Crippen LogP contribution in [0.3, 0.4) is 0 Å². The van der Waals surface area contributed by atoms with Crippen molar-refractivity contribution in [3.05, 3.63) is 58.1 Å². The average Bonchev–Trinajstić information content (AvgIpc) is 2.81. The van der Waals surface area contributed by atoms with Crippen molar-refractivity contribution >= 4 is 33.2 Å². The molecule has 4 rings (SSSR count). The molecule has 6 nitrogen and oxygen atoms in total. The molecule has 2 aromatic rings. The molecule has 0 aliphatic carbocycles. The lowest BCUT2D eigenvalue weighted by Crippen LogP contribution is -2.48. The Morgan fingerprint density at radius 3 is 2.19 bits per heavy atom. The molecule has 0 atom stereocenters. The van der Waals surface area contributed by atoms with E-state index in [1.54, 1.807) is 18.2 Å². The minimum absolute atomic E-state index is 0.0690. The van der Waals surface area contributed by atoms with Crippen molar-refractivity contribution in [2.45, 2.75) is 38.0 Å². The molecule has 0 N–H and O–H groups in total. The van der Waals surface area contributed by atoms with Gasteiger partial charge in [-0.1, -0.05) is 23.7 Å². The zero-order chi connectivity index (χ0) is 22.9. The van der Waals surface area contributed by atoms with Gasteiger partial charge in [0.25, 0.3) is 5.91 Å². The summed E-state index contributed by atoms with van der Waals surface area (Å²) < 4.78 is 28.3. The second kappa shape index (κ2) is 9.41. The molecule has 2 saturated heterocycles. The Labute approximate surface area is 195 Å². The highest BCUT2D eigenvalue weighted by atomic mass is 35.5. The number of piperidine rings is 1. The normalized spacial score (nSPS) is 18.1. The number of sulfonamides is 1. The summed E-state index contributed by atoms with van der Waals surface area (Å²) >= 11 is 6.16. The van der Waals surface area contributed by atoms with Gasteiger partial charge in [0.2, 0.25) is 10.0 Å². The molecule has 32 heavy (non-hydrogen) atoms. The number of nitrogens with zero attached hydrogens (tertiary/aromatic N) is 3. The Morgan fingerprint density at radius 1 is 0.844 bits per heavy atom. The summed E-state index contributed by atoms with van der Waals surface area (Å²) in [7, 11) is -3.68. The van der Waals surface area contributed by atoms with Crippen LogP contribution in [0.15, 0.2) is 41.3 Å². The van der Waals surface area contributed by atoms with Gasteiger partial charge < -0.3 is 9.80 Å². The van der Waals surface area contributed by atoms with E-state index >= 15 is 0 Å². The number of carbonyl (C=O) groups is 1. The predicted molar refractivity (Wildman–Crippen MR) is 128 cm³/mol. The van der Waals surface area contributed by atoms with Gasteiger partial charge in [0, 0.05) is 55.5 Å². The summed E-state index contributed by atoms with van der Waals surface area (Å²) in [5.74, 6) is -0.0690. The fourth-order valence-electron chi connectivity index (χ4n) is 4.50. The first kappa shape index (κ1) is 23.1. The van der Waals surface area contributed by atoms with E-state index in [-0.39, 0.29) is 10.8 Å². The van der Waals surface area contributed by atoms with Crippen LogP contribution in [0.5, 0.6) is 0 Å². The van der Waals surface area contributed by atoms with Gasteiger partial charge in [0.1, 0.15) is 0 Å². The number of piperazine rings is 1. The third-order valence-electron chi connectivity index (χ3n) is 6.47. The Bertz CT molecular complexity index is 1110. The molecule has 2 fully saturated rings. The molecule has 2 aromatic carbocycles. The van der Waals surface area contributed by atoms with Crippen LogP contribution in [0.2, 0.25) is 5.02 Å². The van der Waals surface area contributed by atoms with E-state index in [1.165, 1.54) is 4.31 Å². The Balaban J connectivity index is 1.51. The van der Waals surface area contributed by atoms with E-state index in [9.17, 15) is 13.2 Å². The number of amides is 1. The highest BCUT2D eigenvalue weighted by Crippen LogP contribution is 2.27. The number of hydrogen-bond donors (Lipinski definition) is 0. The smallest absolute Gasteiger partial charge is 0.254 e. The second-order valence-corrected chi connectivity index (χ2v) is 11.0. The van der Waals surface area contributed by atoms with E-state index in [0.29, 0.717) is 36.8 Å². The third-order valence-corrected chi connectivity index (χ3v) is 8.60. The standard InChI is InChI=1S/C24H30ClN3O3S/c1-18-7-9-21(17-22(18)24(29)27-10-4-3-5-11-27)32(30,31)28-14-12-26(13-15-28)23-16-20(25)8-6-19(23)2/h6-9,16-17H,3-5,10-15H2,1-2H3. The molecule has 172 valence electrons. The summed E-state index contributed by atoms with van der Waals surface area (Å²) in [6.45, 7) is 7.31. The fourth-order valence-corrected chi connectivity index (χ4v) is 6.12. The highest BCUT2D eigenvalue weighted by molar-refractivity contribution is 7.89. The number of aryl methyl sites for hydroxylation is 2. The van der Waals surface area contributed by atoms with Crippen LogP contribution in [-0.2, 0) is 10.0 Å². The van der Waals surface area contributed by atoms with Gasteiger partial charge in [-0.15, -0.1) is 0 Å². The number of carbonyl (C=O) groups excluding carboxylic acids is 1. The van der Waals surface area contributed by atoms with Gasteiger partial charge in [0.05, 0.1) is 4.90 Å². The number of rotatable bonds is 4. The van der Waals surface area contributed by atoms with E-state index in [4.69, 9.17) is 11.6 Å². The first-order chi connectivity index (χ1) is 15.3. The van der Waals surface area contributed by atoms with Gasteiger partial charge in [-0.2, -0.15) is 4.31 Å². The van der Waals surface area contributed by atoms with Gasteiger partial charge in [-0.3, -0.25) is 4.79 Å². The van der Waals surface area contributed by atoms with Gasteiger partial charge >= 0.3 is 0 Å². The molecule has 0 unspecified atom stereocenters. The van der Waals surface area contributed by atoms with Gasteiger partial charge in [-0.05, 0) is 68.5 Å². The Hall–Kier alpha value is -2.09. The third kappa shape index (κ3) is 4.65. The van der Waals surface area contributed by atoms with Crippen molar-refractivity contribution < 1.29 is 13.2 Å². The Morgan fingerprint density at radius 2 is 1.50 bits per heavy atom. The number of likely N-dealkylation sites (tertiary alicyclic amines) is 1. The zero-order valence-electron chi connectivity index (χ0n) is 18.7.